The molecule has 2 aromatic rings. The van der Waals surface area contributed by atoms with Crippen molar-refractivity contribution in [1.82, 2.24) is 4.90 Å². The van der Waals surface area contributed by atoms with Crippen molar-refractivity contribution >= 4 is 5.91 Å². The lowest BCUT2D eigenvalue weighted by molar-refractivity contribution is 0.0486. The lowest BCUT2D eigenvalue weighted by Gasteiger charge is -2.29. The van der Waals surface area contributed by atoms with Crippen LogP contribution in [0.3, 0.4) is 0 Å². The minimum Gasteiger partial charge on any atom is -0.494 e. The zero-order chi connectivity index (χ0) is 16.8. The summed E-state index contributed by atoms with van der Waals surface area (Å²) in [6.07, 6.45) is -0.736. The first-order chi connectivity index (χ1) is 11.0. The lowest BCUT2D eigenvalue weighted by atomic mass is 10.0. The summed E-state index contributed by atoms with van der Waals surface area (Å²) in [6.45, 7) is 4.29. The van der Waals surface area contributed by atoms with E-state index in [4.69, 9.17) is 4.74 Å². The quantitative estimate of drug-likeness (QED) is 0.890. The molecular formula is C19H23NO3. The van der Waals surface area contributed by atoms with Gasteiger partial charge >= 0.3 is 0 Å². The molecule has 0 aromatic heterocycles. The second-order valence-electron chi connectivity index (χ2n) is 5.47. The fourth-order valence-electron chi connectivity index (χ4n) is 2.41. The highest BCUT2D eigenvalue weighted by molar-refractivity contribution is 5.94. The molecule has 0 radical (unpaired) electrons. The van der Waals surface area contributed by atoms with Crippen LogP contribution in [0.15, 0.2) is 54.6 Å². The topological polar surface area (TPSA) is 49.8 Å². The first-order valence-corrected chi connectivity index (χ1v) is 7.77. The fourth-order valence-corrected chi connectivity index (χ4v) is 2.41. The number of aliphatic hydroxyl groups is 1. The minimum absolute atomic E-state index is 0.144. The number of carbonyl (C=O) groups excluding carboxylic acids is 1. The zero-order valence-electron chi connectivity index (χ0n) is 13.8. The number of likely N-dealkylation sites (N-methyl/N-ethyl adjacent to an activating group) is 1. The van der Waals surface area contributed by atoms with Crippen LogP contribution in [0.5, 0.6) is 5.75 Å². The van der Waals surface area contributed by atoms with Crippen molar-refractivity contribution in [3.05, 3.63) is 65.7 Å². The molecule has 0 spiro atoms. The third kappa shape index (κ3) is 4.11. The van der Waals surface area contributed by atoms with E-state index in [0.29, 0.717) is 17.9 Å². The fraction of sp³-hybridized carbons (Fsp3) is 0.316. The molecule has 0 fully saturated rings. The Hall–Kier alpha value is -2.33. The van der Waals surface area contributed by atoms with Gasteiger partial charge in [0.1, 0.15) is 5.75 Å². The highest BCUT2D eigenvalue weighted by atomic mass is 16.5. The van der Waals surface area contributed by atoms with Gasteiger partial charge in [-0.15, -0.1) is 0 Å². The Bertz CT molecular complexity index is 642. The van der Waals surface area contributed by atoms with Crippen LogP contribution < -0.4 is 4.74 Å². The van der Waals surface area contributed by atoms with Crippen LogP contribution in [0.4, 0.5) is 0 Å². The molecular weight excluding hydrogens is 290 g/mol. The van der Waals surface area contributed by atoms with Crippen molar-refractivity contribution in [2.24, 2.45) is 0 Å². The molecule has 2 aromatic carbocycles. The first kappa shape index (κ1) is 17.0. The van der Waals surface area contributed by atoms with Crippen LogP contribution in [-0.2, 0) is 0 Å². The number of hydrogen-bond donors (Lipinski definition) is 1. The molecule has 1 N–H and O–H groups in total. The normalized spacial score (nSPS) is 13.2. The van der Waals surface area contributed by atoms with Gasteiger partial charge in [-0.05, 0) is 37.6 Å². The van der Waals surface area contributed by atoms with Crippen molar-refractivity contribution in [3.63, 3.8) is 0 Å². The van der Waals surface area contributed by atoms with Crippen LogP contribution in [0, 0.1) is 0 Å². The Morgan fingerprint density at radius 3 is 2.52 bits per heavy atom. The van der Waals surface area contributed by atoms with E-state index in [9.17, 15) is 9.90 Å². The number of benzene rings is 2. The molecule has 2 atom stereocenters. The van der Waals surface area contributed by atoms with Crippen molar-refractivity contribution in [1.29, 1.82) is 0 Å². The van der Waals surface area contributed by atoms with E-state index >= 15 is 0 Å². The van der Waals surface area contributed by atoms with Crippen molar-refractivity contribution in [2.45, 2.75) is 26.0 Å². The van der Waals surface area contributed by atoms with Gasteiger partial charge in [0.05, 0.1) is 18.8 Å². The maximum atomic E-state index is 12.6. The number of hydrogen-bond acceptors (Lipinski definition) is 3. The van der Waals surface area contributed by atoms with Gasteiger partial charge in [0.15, 0.2) is 0 Å². The zero-order valence-corrected chi connectivity index (χ0v) is 13.8. The van der Waals surface area contributed by atoms with Gasteiger partial charge in [-0.25, -0.2) is 0 Å². The standard InChI is InChI=1S/C19H23NO3/c1-4-23-17-12-8-11-16(13-17)19(22)20(3)14(2)18(21)15-9-6-5-7-10-15/h5-14,18,21H,4H2,1-3H3. The molecule has 4 heteroatoms. The lowest BCUT2D eigenvalue weighted by Crippen LogP contribution is -2.39. The van der Waals surface area contributed by atoms with Gasteiger partial charge in [0.25, 0.3) is 5.91 Å². The Morgan fingerprint density at radius 2 is 1.87 bits per heavy atom. The van der Waals surface area contributed by atoms with E-state index in [1.54, 1.807) is 30.1 Å². The predicted molar refractivity (Wildman–Crippen MR) is 90.6 cm³/mol. The number of carbonyl (C=O) groups is 1. The number of aliphatic hydroxyl groups excluding tert-OH is 1. The molecule has 23 heavy (non-hydrogen) atoms. The number of rotatable bonds is 6. The van der Waals surface area contributed by atoms with Gasteiger partial charge in [0.2, 0.25) is 0 Å². The van der Waals surface area contributed by atoms with E-state index in [0.717, 1.165) is 5.56 Å². The summed E-state index contributed by atoms with van der Waals surface area (Å²) in [4.78, 5) is 14.2. The SMILES string of the molecule is CCOc1cccc(C(=O)N(C)C(C)C(O)c2ccccc2)c1. The van der Waals surface area contributed by atoms with E-state index in [-0.39, 0.29) is 11.9 Å². The molecule has 122 valence electrons. The molecule has 2 unspecified atom stereocenters. The summed E-state index contributed by atoms with van der Waals surface area (Å²) in [7, 11) is 1.70. The van der Waals surface area contributed by atoms with Crippen LogP contribution in [-0.4, -0.2) is 35.6 Å². The molecule has 0 heterocycles. The van der Waals surface area contributed by atoms with E-state index in [2.05, 4.69) is 0 Å². The smallest absolute Gasteiger partial charge is 0.254 e. The number of ether oxygens (including phenoxy) is 1. The predicted octanol–water partition coefficient (Wildman–Crippen LogP) is 3.28. The second kappa shape index (κ2) is 7.79. The Morgan fingerprint density at radius 1 is 1.17 bits per heavy atom. The van der Waals surface area contributed by atoms with Gasteiger partial charge < -0.3 is 14.7 Å². The highest BCUT2D eigenvalue weighted by Gasteiger charge is 2.25. The Kier molecular flexibility index (Phi) is 5.77. The van der Waals surface area contributed by atoms with Crippen LogP contribution in [0.1, 0.15) is 35.9 Å². The molecule has 2 rings (SSSR count). The number of nitrogens with zero attached hydrogens (tertiary/aromatic N) is 1. The maximum Gasteiger partial charge on any atom is 0.254 e. The molecule has 4 nitrogen and oxygen atoms in total. The van der Waals surface area contributed by atoms with E-state index in [1.165, 1.54) is 0 Å². The second-order valence-corrected chi connectivity index (χ2v) is 5.47. The summed E-state index contributed by atoms with van der Waals surface area (Å²) in [6, 6.07) is 16.1. The third-order valence-corrected chi connectivity index (χ3v) is 3.92. The van der Waals surface area contributed by atoms with Gasteiger partial charge in [-0.2, -0.15) is 0 Å². The summed E-state index contributed by atoms with van der Waals surface area (Å²) in [5.74, 6) is 0.525. The van der Waals surface area contributed by atoms with Gasteiger partial charge in [-0.1, -0.05) is 36.4 Å². The monoisotopic (exact) mass is 313 g/mol. The molecule has 0 saturated carbocycles. The molecule has 1 amide bonds. The van der Waals surface area contributed by atoms with Crippen molar-refractivity contribution in [3.8, 4) is 5.75 Å². The Labute approximate surface area is 137 Å². The maximum absolute atomic E-state index is 12.6. The van der Waals surface area contributed by atoms with E-state index in [1.807, 2.05) is 50.2 Å². The molecule has 0 aliphatic heterocycles. The average molecular weight is 313 g/mol. The molecule has 0 aliphatic carbocycles. The summed E-state index contributed by atoms with van der Waals surface area (Å²) in [5, 5.41) is 10.5. The van der Waals surface area contributed by atoms with Crippen LogP contribution in [0.2, 0.25) is 0 Å². The molecule has 0 saturated heterocycles. The summed E-state index contributed by atoms with van der Waals surface area (Å²) >= 11 is 0. The van der Waals surface area contributed by atoms with Crippen LogP contribution in [0.25, 0.3) is 0 Å². The average Bonchev–Trinajstić information content (AvgIpc) is 2.60. The van der Waals surface area contributed by atoms with Crippen molar-refractivity contribution in [2.75, 3.05) is 13.7 Å². The van der Waals surface area contributed by atoms with Crippen molar-refractivity contribution < 1.29 is 14.6 Å². The van der Waals surface area contributed by atoms with Gasteiger partial charge in [-0.3, -0.25) is 4.79 Å². The van der Waals surface area contributed by atoms with E-state index < -0.39 is 6.10 Å². The third-order valence-electron chi connectivity index (χ3n) is 3.92. The Balaban J connectivity index is 2.14. The molecule has 0 bridgehead atoms. The molecule has 0 aliphatic rings. The highest BCUT2D eigenvalue weighted by Crippen LogP contribution is 2.22. The van der Waals surface area contributed by atoms with Gasteiger partial charge in [0, 0.05) is 12.6 Å². The first-order valence-electron chi connectivity index (χ1n) is 7.77. The largest absolute Gasteiger partial charge is 0.494 e. The van der Waals surface area contributed by atoms with Crippen LogP contribution >= 0.6 is 0 Å². The summed E-state index contributed by atoms with van der Waals surface area (Å²) < 4.78 is 5.43. The summed E-state index contributed by atoms with van der Waals surface area (Å²) in [5.41, 5.74) is 1.34. The minimum atomic E-state index is -0.736. The number of amides is 1.